The van der Waals surface area contributed by atoms with Crippen molar-refractivity contribution in [2.75, 3.05) is 0 Å². The van der Waals surface area contributed by atoms with E-state index in [1.165, 1.54) is 12.1 Å². The molecule has 0 aliphatic heterocycles. The van der Waals surface area contributed by atoms with Crippen molar-refractivity contribution >= 4 is 11.8 Å². The van der Waals surface area contributed by atoms with Crippen molar-refractivity contribution in [3.05, 3.63) is 54.1 Å². The van der Waals surface area contributed by atoms with Crippen molar-refractivity contribution in [3.63, 3.8) is 0 Å². The molecule has 5 heteroatoms. The molecular formula is C18H18O5. The highest BCUT2D eigenvalue weighted by atomic mass is 16.5. The van der Waals surface area contributed by atoms with Gasteiger partial charge in [-0.15, -0.1) is 0 Å². The lowest BCUT2D eigenvalue weighted by molar-refractivity contribution is -0.137. The minimum Gasteiger partial charge on any atom is -0.508 e. The van der Waals surface area contributed by atoms with Crippen LogP contribution < -0.4 is 4.74 Å². The lowest BCUT2D eigenvalue weighted by Gasteiger charge is -2.09. The van der Waals surface area contributed by atoms with Crippen LogP contribution >= 0.6 is 0 Å². The number of benzene rings is 2. The van der Waals surface area contributed by atoms with Crippen LogP contribution in [0.1, 0.15) is 30.1 Å². The third-order valence-corrected chi connectivity index (χ3v) is 3.31. The van der Waals surface area contributed by atoms with Gasteiger partial charge in [-0.1, -0.05) is 6.92 Å². The van der Waals surface area contributed by atoms with Gasteiger partial charge < -0.3 is 14.9 Å². The summed E-state index contributed by atoms with van der Waals surface area (Å²) >= 11 is 0. The van der Waals surface area contributed by atoms with Crippen molar-refractivity contribution < 1.29 is 24.5 Å². The van der Waals surface area contributed by atoms with Gasteiger partial charge in [-0.3, -0.25) is 9.59 Å². The number of phenols is 1. The first-order valence-electron chi connectivity index (χ1n) is 7.26. The molecule has 120 valence electrons. The average Bonchev–Trinajstić information content (AvgIpc) is 2.49. The molecule has 0 heterocycles. The molecule has 2 aromatic carbocycles. The number of hydrogen-bond donors (Lipinski definition) is 2. The zero-order chi connectivity index (χ0) is 16.8. The van der Waals surface area contributed by atoms with Crippen molar-refractivity contribution in [2.45, 2.75) is 19.8 Å². The Hall–Kier alpha value is -2.82. The van der Waals surface area contributed by atoms with Gasteiger partial charge >= 0.3 is 5.97 Å². The first-order chi connectivity index (χ1) is 10.9. The summed E-state index contributed by atoms with van der Waals surface area (Å²) in [6.45, 7) is 1.74. The van der Waals surface area contributed by atoms with E-state index in [4.69, 9.17) is 9.84 Å². The van der Waals surface area contributed by atoms with Crippen molar-refractivity contribution in [1.29, 1.82) is 0 Å². The molecule has 2 aromatic rings. The number of carboxylic acids is 1. The fourth-order valence-corrected chi connectivity index (χ4v) is 2.16. The lowest BCUT2D eigenvalue weighted by Crippen LogP contribution is -2.10. The van der Waals surface area contributed by atoms with Crippen LogP contribution in [-0.4, -0.2) is 22.0 Å². The molecule has 0 aliphatic carbocycles. The minimum atomic E-state index is -0.900. The van der Waals surface area contributed by atoms with Gasteiger partial charge in [-0.05, 0) is 54.4 Å². The first kappa shape index (κ1) is 16.5. The number of carbonyl (C=O) groups excluding carboxylic acids is 1. The summed E-state index contributed by atoms with van der Waals surface area (Å²) in [5.41, 5.74) is 0.528. The van der Waals surface area contributed by atoms with E-state index in [2.05, 4.69) is 0 Å². The minimum absolute atomic E-state index is 0.0201. The highest BCUT2D eigenvalue weighted by Gasteiger charge is 2.14. The largest absolute Gasteiger partial charge is 0.508 e. The first-order valence-corrected chi connectivity index (χ1v) is 7.26. The molecule has 0 aliphatic rings. The molecule has 0 aromatic heterocycles. The van der Waals surface area contributed by atoms with Gasteiger partial charge in [-0.25, -0.2) is 0 Å². The SMILES string of the molecule is CC(CC(=O)O)CC(=O)c1ccc(Oc2ccc(O)cc2)cc1. The number of aliphatic carboxylic acids is 1. The molecule has 2 N–H and O–H groups in total. The van der Waals surface area contributed by atoms with Crippen LogP contribution in [0.25, 0.3) is 0 Å². The molecule has 1 atom stereocenters. The Labute approximate surface area is 134 Å². The molecule has 0 bridgehead atoms. The quantitative estimate of drug-likeness (QED) is 0.758. The van der Waals surface area contributed by atoms with Gasteiger partial charge in [0.15, 0.2) is 5.78 Å². The average molecular weight is 314 g/mol. The van der Waals surface area contributed by atoms with E-state index in [-0.39, 0.29) is 30.3 Å². The monoisotopic (exact) mass is 314 g/mol. The van der Waals surface area contributed by atoms with Crippen LogP contribution in [0, 0.1) is 5.92 Å². The van der Waals surface area contributed by atoms with Gasteiger partial charge in [-0.2, -0.15) is 0 Å². The van der Waals surface area contributed by atoms with Crippen LogP contribution in [-0.2, 0) is 4.79 Å². The zero-order valence-corrected chi connectivity index (χ0v) is 12.7. The van der Waals surface area contributed by atoms with Crippen molar-refractivity contribution in [3.8, 4) is 17.2 Å². The predicted molar refractivity (Wildman–Crippen MR) is 85.0 cm³/mol. The highest BCUT2D eigenvalue weighted by molar-refractivity contribution is 5.96. The standard InChI is InChI=1S/C18H18O5/c1-12(11-18(21)22)10-17(20)13-2-6-15(7-3-13)23-16-8-4-14(19)5-9-16/h2-9,12,19H,10-11H2,1H3,(H,21,22). The van der Waals surface area contributed by atoms with Crippen LogP contribution in [0.4, 0.5) is 0 Å². The number of Topliss-reactive ketones (excluding diaryl/α,β-unsaturated/α-hetero) is 1. The number of aromatic hydroxyl groups is 1. The van der Waals surface area contributed by atoms with Gasteiger partial charge in [0.25, 0.3) is 0 Å². The number of phenolic OH excluding ortho intramolecular Hbond substituents is 1. The van der Waals surface area contributed by atoms with Crippen molar-refractivity contribution in [1.82, 2.24) is 0 Å². The molecule has 0 amide bonds. The second-order valence-electron chi connectivity index (χ2n) is 5.45. The van der Waals surface area contributed by atoms with Crippen LogP contribution in [0.3, 0.4) is 0 Å². The van der Waals surface area contributed by atoms with E-state index >= 15 is 0 Å². The molecule has 0 spiro atoms. The molecule has 5 nitrogen and oxygen atoms in total. The summed E-state index contributed by atoms with van der Waals surface area (Å²) in [5, 5.41) is 17.9. The molecule has 0 radical (unpaired) electrons. The molecule has 2 rings (SSSR count). The molecule has 0 saturated heterocycles. The van der Waals surface area contributed by atoms with Gasteiger partial charge in [0.2, 0.25) is 0 Å². The Morgan fingerprint density at radius 3 is 2.00 bits per heavy atom. The summed E-state index contributed by atoms with van der Waals surface area (Å²) < 4.78 is 5.60. The second kappa shape index (κ2) is 7.45. The van der Waals surface area contributed by atoms with E-state index < -0.39 is 5.97 Å². The maximum atomic E-state index is 12.1. The van der Waals surface area contributed by atoms with Crippen molar-refractivity contribution in [2.24, 2.45) is 5.92 Å². The third-order valence-electron chi connectivity index (χ3n) is 3.31. The molecule has 1 unspecified atom stereocenters. The Kier molecular flexibility index (Phi) is 5.36. The normalized spacial score (nSPS) is 11.7. The van der Waals surface area contributed by atoms with Gasteiger partial charge in [0.05, 0.1) is 0 Å². The molecule has 0 saturated carbocycles. The Morgan fingerprint density at radius 1 is 0.957 bits per heavy atom. The van der Waals surface area contributed by atoms with E-state index in [0.29, 0.717) is 17.1 Å². The number of carboxylic acid groups (broad SMARTS) is 1. The number of ether oxygens (including phenoxy) is 1. The maximum Gasteiger partial charge on any atom is 0.303 e. The Bertz CT molecular complexity index is 674. The number of ketones is 1. The second-order valence-corrected chi connectivity index (χ2v) is 5.45. The summed E-state index contributed by atoms with van der Waals surface area (Å²) in [5.74, 6) is 0.127. The van der Waals surface area contributed by atoms with Crippen LogP contribution in [0.15, 0.2) is 48.5 Å². The van der Waals surface area contributed by atoms with Gasteiger partial charge in [0.1, 0.15) is 17.2 Å². The van der Waals surface area contributed by atoms with E-state index in [1.54, 1.807) is 43.3 Å². The van der Waals surface area contributed by atoms with E-state index in [1.807, 2.05) is 0 Å². The zero-order valence-electron chi connectivity index (χ0n) is 12.7. The summed E-state index contributed by atoms with van der Waals surface area (Å²) in [7, 11) is 0. The fourth-order valence-electron chi connectivity index (χ4n) is 2.16. The van der Waals surface area contributed by atoms with E-state index in [9.17, 15) is 14.7 Å². The molecule has 0 fully saturated rings. The Morgan fingerprint density at radius 2 is 1.48 bits per heavy atom. The highest BCUT2D eigenvalue weighted by Crippen LogP contribution is 2.24. The van der Waals surface area contributed by atoms with Crippen LogP contribution in [0.2, 0.25) is 0 Å². The number of carbonyl (C=O) groups is 2. The van der Waals surface area contributed by atoms with E-state index in [0.717, 1.165) is 0 Å². The molecular weight excluding hydrogens is 296 g/mol. The number of rotatable bonds is 7. The topological polar surface area (TPSA) is 83.8 Å². The van der Waals surface area contributed by atoms with Gasteiger partial charge in [0, 0.05) is 18.4 Å². The summed E-state index contributed by atoms with van der Waals surface area (Å²) in [6.07, 6.45) is 0.179. The number of hydrogen-bond acceptors (Lipinski definition) is 4. The Balaban J connectivity index is 1.97. The molecule has 23 heavy (non-hydrogen) atoms. The smallest absolute Gasteiger partial charge is 0.303 e. The third kappa shape index (κ3) is 5.14. The maximum absolute atomic E-state index is 12.1. The lowest BCUT2D eigenvalue weighted by atomic mass is 9.97. The predicted octanol–water partition coefficient (Wildman–Crippen LogP) is 3.87. The van der Waals surface area contributed by atoms with Crippen LogP contribution in [0.5, 0.6) is 17.2 Å². The summed E-state index contributed by atoms with van der Waals surface area (Å²) in [4.78, 5) is 22.7. The summed E-state index contributed by atoms with van der Waals surface area (Å²) in [6, 6.07) is 13.0. The fraction of sp³-hybridized carbons (Fsp3) is 0.222.